The molecular weight excluding hydrogens is 665 g/mol. The van der Waals surface area contributed by atoms with E-state index in [1.54, 1.807) is 0 Å². The number of piperidine rings is 4. The highest BCUT2D eigenvalue weighted by Crippen LogP contribution is 2.20. The fourth-order valence-electron chi connectivity index (χ4n) is 8.19. The van der Waals surface area contributed by atoms with Gasteiger partial charge < -0.3 is 36.8 Å². The van der Waals surface area contributed by atoms with Gasteiger partial charge in [0.1, 0.15) is 0 Å². The smallest absolute Gasteiger partial charge is 0.0215 e. The number of rotatable bonds is 6. The van der Waals surface area contributed by atoms with Gasteiger partial charge >= 0.3 is 0 Å². The maximum absolute atomic E-state index is 3.52. The van der Waals surface area contributed by atoms with Crippen molar-refractivity contribution < 1.29 is 0 Å². The highest BCUT2D eigenvalue weighted by atomic mass is 15.2. The Morgan fingerprint density at radius 2 is 0.889 bits per heavy atom. The van der Waals surface area contributed by atoms with Crippen LogP contribution < -0.4 is 31.9 Å². The molecule has 3 unspecified atom stereocenters. The Kier molecular flexibility index (Phi) is 31.2. The second-order valence-corrected chi connectivity index (χ2v) is 19.1. The molecule has 6 saturated heterocycles. The molecular formula is C46H100N8. The molecule has 0 aromatic carbocycles. The fraction of sp³-hybridized carbons (Fsp3) is 1.00. The summed E-state index contributed by atoms with van der Waals surface area (Å²) < 4.78 is 0. The van der Waals surface area contributed by atoms with E-state index < -0.39 is 0 Å². The Balaban J connectivity index is 0.000000324. The summed E-state index contributed by atoms with van der Waals surface area (Å²) in [4.78, 5) is 5.06. The second-order valence-electron chi connectivity index (χ2n) is 19.1. The zero-order valence-electron chi connectivity index (χ0n) is 38.6. The van der Waals surface area contributed by atoms with Gasteiger partial charge in [-0.1, -0.05) is 68.2 Å². The van der Waals surface area contributed by atoms with Crippen molar-refractivity contribution in [3.63, 3.8) is 0 Å². The maximum Gasteiger partial charge on any atom is 0.0215 e. The minimum Gasteiger partial charge on any atom is -0.317 e. The largest absolute Gasteiger partial charge is 0.317 e. The van der Waals surface area contributed by atoms with Crippen LogP contribution in [0.1, 0.15) is 147 Å². The Morgan fingerprint density at radius 1 is 0.352 bits per heavy atom. The highest BCUT2D eigenvalue weighted by molar-refractivity contribution is 4.78. The van der Waals surface area contributed by atoms with Crippen molar-refractivity contribution in [3.05, 3.63) is 0 Å². The minimum atomic E-state index is 0.693. The van der Waals surface area contributed by atoms with E-state index in [9.17, 15) is 0 Å². The molecule has 0 aliphatic carbocycles. The Bertz CT molecular complexity index is 612. The van der Waals surface area contributed by atoms with Gasteiger partial charge in [0.25, 0.3) is 0 Å². The first-order valence-electron chi connectivity index (χ1n) is 23.6. The maximum atomic E-state index is 3.52. The summed E-state index contributed by atoms with van der Waals surface area (Å²) in [6, 6.07) is 3.00. The summed E-state index contributed by atoms with van der Waals surface area (Å²) in [6.45, 7) is 44.5. The summed E-state index contributed by atoms with van der Waals surface area (Å²) in [5, 5.41) is 20.4. The third kappa shape index (κ3) is 25.8. The lowest BCUT2D eigenvalue weighted by atomic mass is 9.87. The van der Waals surface area contributed by atoms with Gasteiger partial charge in [-0.05, 0) is 160 Å². The number of piperazine rings is 2. The first kappa shape index (κ1) is 51.7. The van der Waals surface area contributed by atoms with E-state index >= 15 is 0 Å². The molecule has 6 rings (SSSR count). The Hall–Kier alpha value is -0.320. The molecule has 0 aromatic rings. The molecule has 0 spiro atoms. The zero-order valence-corrected chi connectivity index (χ0v) is 38.6. The number of likely N-dealkylation sites (tertiary alicyclic amines) is 1. The van der Waals surface area contributed by atoms with Crippen LogP contribution in [0.5, 0.6) is 0 Å². The average molecular weight is 765 g/mol. The van der Waals surface area contributed by atoms with E-state index in [1.807, 2.05) is 0 Å². The fourth-order valence-corrected chi connectivity index (χ4v) is 8.19. The predicted octanol–water partition coefficient (Wildman–Crippen LogP) is 7.45. The lowest BCUT2D eigenvalue weighted by Crippen LogP contribution is -2.50. The van der Waals surface area contributed by atoms with Crippen LogP contribution in [0.15, 0.2) is 0 Å². The number of nitrogens with zero attached hydrogens (tertiary/aromatic N) is 2. The lowest BCUT2D eigenvalue weighted by Gasteiger charge is -2.30. The quantitative estimate of drug-likeness (QED) is 0.167. The van der Waals surface area contributed by atoms with Crippen molar-refractivity contribution >= 4 is 0 Å². The summed E-state index contributed by atoms with van der Waals surface area (Å²) in [6.07, 6.45) is 14.1. The van der Waals surface area contributed by atoms with E-state index in [4.69, 9.17) is 0 Å². The molecule has 0 radical (unpaired) electrons. The molecule has 0 aromatic heterocycles. The topological polar surface area (TPSA) is 78.7 Å². The average Bonchev–Trinajstić information content (AvgIpc) is 3.21. The van der Waals surface area contributed by atoms with Gasteiger partial charge in [0, 0.05) is 70.0 Å². The normalized spacial score (nSPS) is 26.0. The van der Waals surface area contributed by atoms with E-state index in [1.165, 1.54) is 123 Å². The standard InChI is InChI=1S/4C8H17N.2C7H16N2/c1-7(2)8-3-5-9-6-4-8;1-7(2)8-4-3-5-9-6-8;1-8(2)9-6-4-3-5-7-9;1-7(2)8-5-3-4-6-9-8;1-7(2)9-5-3-8-4-6-9;1-6(2)7-5-8-3-4-9-7/h2*7-9H,3-6H2,1-2H3;8H,3-7H2,1-2H3;7-9H,3-6H2,1-2H3;7-8H,3-6H2,1-2H3;6-9H,3-5H2,1-2H3. The van der Waals surface area contributed by atoms with Crippen LogP contribution in [-0.4, -0.2) is 126 Å². The summed E-state index contributed by atoms with van der Waals surface area (Å²) >= 11 is 0. The first-order chi connectivity index (χ1) is 25.8. The Morgan fingerprint density at radius 3 is 1.22 bits per heavy atom. The van der Waals surface area contributed by atoms with E-state index in [2.05, 4.69) is 125 Å². The van der Waals surface area contributed by atoms with E-state index in [0.717, 1.165) is 86.4 Å². The van der Waals surface area contributed by atoms with Crippen molar-refractivity contribution in [2.45, 2.75) is 171 Å². The summed E-state index contributed by atoms with van der Waals surface area (Å²) in [5.74, 6) is 5.29. The molecule has 8 nitrogen and oxygen atoms in total. The summed E-state index contributed by atoms with van der Waals surface area (Å²) in [5.41, 5.74) is 0. The van der Waals surface area contributed by atoms with Crippen molar-refractivity contribution in [1.82, 2.24) is 41.7 Å². The van der Waals surface area contributed by atoms with E-state index in [0.29, 0.717) is 6.04 Å². The first-order valence-corrected chi connectivity index (χ1v) is 23.6. The number of nitrogens with one attached hydrogen (secondary N) is 6. The van der Waals surface area contributed by atoms with Gasteiger partial charge in [-0.25, -0.2) is 0 Å². The van der Waals surface area contributed by atoms with Gasteiger partial charge in [0.2, 0.25) is 0 Å². The molecule has 0 bridgehead atoms. The molecule has 6 heterocycles. The molecule has 0 amide bonds. The van der Waals surface area contributed by atoms with Crippen LogP contribution >= 0.6 is 0 Å². The molecule has 0 saturated carbocycles. The third-order valence-corrected chi connectivity index (χ3v) is 12.6. The van der Waals surface area contributed by atoms with Crippen molar-refractivity contribution in [1.29, 1.82) is 0 Å². The molecule has 324 valence electrons. The highest BCUT2D eigenvalue weighted by Gasteiger charge is 2.18. The van der Waals surface area contributed by atoms with Crippen molar-refractivity contribution in [3.8, 4) is 0 Å². The van der Waals surface area contributed by atoms with E-state index in [-0.39, 0.29) is 0 Å². The second kappa shape index (κ2) is 32.6. The van der Waals surface area contributed by atoms with Gasteiger partial charge in [-0.3, -0.25) is 4.90 Å². The van der Waals surface area contributed by atoms with Crippen LogP contribution in [0.3, 0.4) is 0 Å². The molecule has 54 heavy (non-hydrogen) atoms. The van der Waals surface area contributed by atoms with Crippen molar-refractivity contribution in [2.24, 2.45) is 35.5 Å². The van der Waals surface area contributed by atoms with Crippen LogP contribution in [0, 0.1) is 35.5 Å². The van der Waals surface area contributed by atoms with Gasteiger partial charge in [-0.15, -0.1) is 0 Å². The molecule has 6 fully saturated rings. The zero-order chi connectivity index (χ0) is 40.1. The van der Waals surface area contributed by atoms with Crippen LogP contribution in [0.25, 0.3) is 0 Å². The Labute approximate surface area is 339 Å². The molecule has 8 heteroatoms. The molecule has 6 N–H and O–H groups in total. The lowest BCUT2D eigenvalue weighted by molar-refractivity contribution is 0.185. The van der Waals surface area contributed by atoms with Crippen molar-refractivity contribution in [2.75, 3.05) is 91.6 Å². The van der Waals surface area contributed by atoms with Gasteiger partial charge in [0.05, 0.1) is 0 Å². The number of hydrogen-bond donors (Lipinski definition) is 6. The molecule has 6 aliphatic rings. The van der Waals surface area contributed by atoms with Crippen LogP contribution in [0.4, 0.5) is 0 Å². The van der Waals surface area contributed by atoms with Gasteiger partial charge in [-0.2, -0.15) is 0 Å². The third-order valence-electron chi connectivity index (χ3n) is 12.6. The minimum absolute atomic E-state index is 0.693. The van der Waals surface area contributed by atoms with Crippen LogP contribution in [-0.2, 0) is 0 Å². The number of hydrogen-bond acceptors (Lipinski definition) is 8. The predicted molar refractivity (Wildman–Crippen MR) is 241 cm³/mol. The SMILES string of the molecule is CC(C)C1CCCCN1.CC(C)C1CCCNC1.CC(C)C1CCNCC1.CC(C)C1CNCCN1.CC(C)N1CCCCC1.CC(C)N1CCNCC1. The van der Waals surface area contributed by atoms with Gasteiger partial charge in [0.15, 0.2) is 0 Å². The van der Waals surface area contributed by atoms with Crippen LogP contribution in [0.2, 0.25) is 0 Å². The molecule has 3 atom stereocenters. The monoisotopic (exact) mass is 765 g/mol. The molecule has 6 aliphatic heterocycles. The summed E-state index contributed by atoms with van der Waals surface area (Å²) in [7, 11) is 0.